The van der Waals surface area contributed by atoms with E-state index < -0.39 is 0 Å². The summed E-state index contributed by atoms with van der Waals surface area (Å²) < 4.78 is 0. The molecule has 0 radical (unpaired) electrons. The van der Waals surface area contributed by atoms with Crippen molar-refractivity contribution in [2.24, 2.45) is 5.92 Å². The predicted octanol–water partition coefficient (Wildman–Crippen LogP) is 2.41. The minimum Gasteiger partial charge on any atom is -0.342 e. The molecule has 0 bridgehead atoms. The Morgan fingerprint density at radius 1 is 1.29 bits per heavy atom. The number of likely N-dealkylation sites (tertiary alicyclic amines) is 1. The molecule has 1 saturated heterocycles. The SMILES string of the molecule is CCCC(C)NC1CCN(C(=O)C(C)C)CC1. The number of rotatable bonds is 5. The third-order valence-corrected chi connectivity index (χ3v) is 3.54. The van der Waals surface area contributed by atoms with Gasteiger partial charge in [-0.25, -0.2) is 0 Å². The summed E-state index contributed by atoms with van der Waals surface area (Å²) in [5.74, 6) is 0.448. The second-order valence-electron chi connectivity index (χ2n) is 5.61. The standard InChI is InChI=1S/C14H28N2O/c1-5-6-12(4)15-13-7-9-16(10-8-13)14(17)11(2)3/h11-13,15H,5-10H2,1-4H3. The maximum Gasteiger partial charge on any atom is 0.225 e. The summed E-state index contributed by atoms with van der Waals surface area (Å²) in [6.07, 6.45) is 4.68. The fourth-order valence-corrected chi connectivity index (χ4v) is 2.55. The van der Waals surface area contributed by atoms with E-state index in [0.717, 1.165) is 25.9 Å². The average molecular weight is 240 g/mol. The molecule has 1 heterocycles. The van der Waals surface area contributed by atoms with Crippen molar-refractivity contribution in [2.75, 3.05) is 13.1 Å². The average Bonchev–Trinajstić information content (AvgIpc) is 2.29. The van der Waals surface area contributed by atoms with Gasteiger partial charge >= 0.3 is 0 Å². The van der Waals surface area contributed by atoms with Crippen molar-refractivity contribution in [2.45, 2.75) is 65.5 Å². The number of piperidine rings is 1. The van der Waals surface area contributed by atoms with E-state index >= 15 is 0 Å². The molecule has 0 aromatic rings. The summed E-state index contributed by atoms with van der Waals surface area (Å²) in [4.78, 5) is 13.9. The van der Waals surface area contributed by atoms with Gasteiger partial charge in [0.25, 0.3) is 0 Å². The molecular weight excluding hydrogens is 212 g/mol. The summed E-state index contributed by atoms with van der Waals surface area (Å²) in [5, 5.41) is 3.67. The minimum atomic E-state index is 0.138. The maximum atomic E-state index is 11.8. The van der Waals surface area contributed by atoms with Gasteiger partial charge in [-0.15, -0.1) is 0 Å². The zero-order chi connectivity index (χ0) is 12.8. The topological polar surface area (TPSA) is 32.3 Å². The zero-order valence-electron chi connectivity index (χ0n) is 11.8. The third kappa shape index (κ3) is 4.66. The number of hydrogen-bond donors (Lipinski definition) is 1. The Labute approximate surface area is 106 Å². The molecule has 100 valence electrons. The molecule has 0 aromatic carbocycles. The fourth-order valence-electron chi connectivity index (χ4n) is 2.55. The van der Waals surface area contributed by atoms with Crippen LogP contribution >= 0.6 is 0 Å². The van der Waals surface area contributed by atoms with Crippen molar-refractivity contribution in [1.82, 2.24) is 10.2 Å². The van der Waals surface area contributed by atoms with E-state index in [9.17, 15) is 4.79 Å². The van der Waals surface area contributed by atoms with Gasteiger partial charge in [-0.05, 0) is 26.2 Å². The molecule has 3 nitrogen and oxygen atoms in total. The van der Waals surface area contributed by atoms with Gasteiger partial charge in [-0.3, -0.25) is 4.79 Å². The van der Waals surface area contributed by atoms with Gasteiger partial charge in [0.2, 0.25) is 5.91 Å². The molecule has 3 heteroatoms. The second-order valence-corrected chi connectivity index (χ2v) is 5.61. The van der Waals surface area contributed by atoms with Crippen LogP contribution in [0, 0.1) is 5.92 Å². The van der Waals surface area contributed by atoms with Crippen LogP contribution in [0.3, 0.4) is 0 Å². The van der Waals surface area contributed by atoms with Crippen LogP contribution in [0.15, 0.2) is 0 Å². The lowest BCUT2D eigenvalue weighted by Crippen LogP contribution is -2.48. The van der Waals surface area contributed by atoms with Gasteiger partial charge in [-0.2, -0.15) is 0 Å². The Morgan fingerprint density at radius 2 is 1.88 bits per heavy atom. The van der Waals surface area contributed by atoms with Crippen LogP contribution in [-0.4, -0.2) is 36.0 Å². The second kappa shape index (κ2) is 7.00. The van der Waals surface area contributed by atoms with Gasteiger partial charge in [0.1, 0.15) is 0 Å². The Kier molecular flexibility index (Phi) is 5.96. The quantitative estimate of drug-likeness (QED) is 0.800. The highest BCUT2D eigenvalue weighted by atomic mass is 16.2. The summed E-state index contributed by atoms with van der Waals surface area (Å²) in [6, 6.07) is 1.21. The Balaban J connectivity index is 2.28. The highest BCUT2D eigenvalue weighted by Gasteiger charge is 2.24. The molecule has 1 atom stereocenters. The van der Waals surface area contributed by atoms with E-state index in [0.29, 0.717) is 18.0 Å². The monoisotopic (exact) mass is 240 g/mol. The molecule has 1 rings (SSSR count). The molecule has 1 N–H and O–H groups in total. The first-order chi connectivity index (χ1) is 8.04. The van der Waals surface area contributed by atoms with Gasteiger partial charge < -0.3 is 10.2 Å². The number of carbonyl (C=O) groups excluding carboxylic acids is 1. The molecule has 0 aliphatic carbocycles. The van der Waals surface area contributed by atoms with Crippen LogP contribution in [0.1, 0.15) is 53.4 Å². The number of amides is 1. The molecule has 0 aromatic heterocycles. The van der Waals surface area contributed by atoms with Gasteiger partial charge in [0.15, 0.2) is 0 Å². The molecule has 0 spiro atoms. The number of nitrogens with one attached hydrogen (secondary N) is 1. The summed E-state index contributed by atoms with van der Waals surface area (Å²) >= 11 is 0. The first kappa shape index (κ1) is 14.5. The van der Waals surface area contributed by atoms with Crippen molar-refractivity contribution in [3.05, 3.63) is 0 Å². The highest BCUT2D eigenvalue weighted by Crippen LogP contribution is 2.14. The van der Waals surface area contributed by atoms with Gasteiger partial charge in [-0.1, -0.05) is 27.2 Å². The van der Waals surface area contributed by atoms with Crippen molar-refractivity contribution >= 4 is 5.91 Å². The highest BCUT2D eigenvalue weighted by molar-refractivity contribution is 5.78. The minimum absolute atomic E-state index is 0.138. The van der Waals surface area contributed by atoms with Crippen molar-refractivity contribution < 1.29 is 4.79 Å². The molecule has 0 saturated carbocycles. The van der Waals surface area contributed by atoms with E-state index in [1.54, 1.807) is 0 Å². The number of hydrogen-bond acceptors (Lipinski definition) is 2. The van der Waals surface area contributed by atoms with Crippen LogP contribution in [-0.2, 0) is 4.79 Å². The lowest BCUT2D eigenvalue weighted by atomic mass is 10.0. The largest absolute Gasteiger partial charge is 0.342 e. The molecule has 1 fully saturated rings. The van der Waals surface area contributed by atoms with E-state index in [4.69, 9.17) is 0 Å². The zero-order valence-corrected chi connectivity index (χ0v) is 11.8. The Hall–Kier alpha value is -0.570. The lowest BCUT2D eigenvalue weighted by molar-refractivity contribution is -0.135. The van der Waals surface area contributed by atoms with Gasteiger partial charge in [0, 0.05) is 31.1 Å². The van der Waals surface area contributed by atoms with Crippen molar-refractivity contribution in [3.8, 4) is 0 Å². The van der Waals surface area contributed by atoms with Crippen molar-refractivity contribution in [3.63, 3.8) is 0 Å². The molecular formula is C14H28N2O. The molecule has 1 amide bonds. The number of nitrogens with zero attached hydrogens (tertiary/aromatic N) is 1. The van der Waals surface area contributed by atoms with E-state index in [2.05, 4.69) is 19.2 Å². The molecule has 1 aliphatic rings. The first-order valence-electron chi connectivity index (χ1n) is 7.09. The Bertz CT molecular complexity index is 232. The Morgan fingerprint density at radius 3 is 2.35 bits per heavy atom. The number of carbonyl (C=O) groups is 1. The van der Waals surface area contributed by atoms with E-state index in [1.807, 2.05) is 18.7 Å². The summed E-state index contributed by atoms with van der Waals surface area (Å²) in [6.45, 7) is 10.3. The maximum absolute atomic E-state index is 11.8. The molecule has 1 unspecified atom stereocenters. The van der Waals surface area contributed by atoms with Crippen molar-refractivity contribution in [1.29, 1.82) is 0 Å². The predicted molar refractivity (Wildman–Crippen MR) is 71.9 cm³/mol. The van der Waals surface area contributed by atoms with Crippen LogP contribution in [0.4, 0.5) is 0 Å². The van der Waals surface area contributed by atoms with Crippen LogP contribution < -0.4 is 5.32 Å². The van der Waals surface area contributed by atoms with Crippen LogP contribution in [0.2, 0.25) is 0 Å². The summed E-state index contributed by atoms with van der Waals surface area (Å²) in [7, 11) is 0. The lowest BCUT2D eigenvalue weighted by Gasteiger charge is -2.34. The molecule has 1 aliphatic heterocycles. The van der Waals surface area contributed by atoms with Crippen LogP contribution in [0.5, 0.6) is 0 Å². The van der Waals surface area contributed by atoms with Crippen LogP contribution in [0.25, 0.3) is 0 Å². The molecule has 17 heavy (non-hydrogen) atoms. The summed E-state index contributed by atoms with van der Waals surface area (Å²) in [5.41, 5.74) is 0. The first-order valence-corrected chi connectivity index (χ1v) is 7.09. The van der Waals surface area contributed by atoms with E-state index in [-0.39, 0.29) is 5.92 Å². The van der Waals surface area contributed by atoms with E-state index in [1.165, 1.54) is 12.8 Å². The normalized spacial score (nSPS) is 19.7. The third-order valence-electron chi connectivity index (χ3n) is 3.54. The smallest absolute Gasteiger partial charge is 0.225 e. The van der Waals surface area contributed by atoms with Gasteiger partial charge in [0.05, 0.1) is 0 Å². The fraction of sp³-hybridized carbons (Fsp3) is 0.929.